The predicted octanol–water partition coefficient (Wildman–Crippen LogP) is 2.91. The third-order valence-electron chi connectivity index (χ3n) is 4.17. The fraction of sp³-hybridized carbons (Fsp3) is 0.438. The molecule has 19 heavy (non-hydrogen) atoms. The molecule has 100 valence electrons. The second-order valence-electron chi connectivity index (χ2n) is 5.46. The van der Waals surface area contributed by atoms with Crippen LogP contribution in [0.5, 0.6) is 5.75 Å². The molecule has 1 heterocycles. The van der Waals surface area contributed by atoms with Gasteiger partial charge in [-0.1, -0.05) is 31.4 Å². The van der Waals surface area contributed by atoms with E-state index in [1.807, 2.05) is 24.3 Å². The Bertz CT molecular complexity index is 510. The summed E-state index contributed by atoms with van der Waals surface area (Å²) in [5.41, 5.74) is 1.70. The van der Waals surface area contributed by atoms with E-state index in [1.54, 1.807) is 7.11 Å². The molecule has 0 unspecified atom stereocenters. The first-order valence-electron chi connectivity index (χ1n) is 6.92. The van der Waals surface area contributed by atoms with Gasteiger partial charge in [0.25, 0.3) is 5.91 Å². The minimum atomic E-state index is -0.0788. The minimum Gasteiger partial charge on any atom is -0.497 e. The van der Waals surface area contributed by atoms with Crippen LogP contribution in [0.2, 0.25) is 0 Å². The third kappa shape index (κ3) is 2.25. The first kappa shape index (κ1) is 12.3. The van der Waals surface area contributed by atoms with E-state index in [4.69, 9.17) is 4.74 Å². The number of methoxy groups -OCH3 is 1. The number of benzene rings is 1. The third-order valence-corrected chi connectivity index (χ3v) is 4.17. The summed E-state index contributed by atoms with van der Waals surface area (Å²) < 4.78 is 5.15. The highest BCUT2D eigenvalue weighted by Gasteiger charge is 2.38. The maximum atomic E-state index is 12.2. The molecule has 0 radical (unpaired) electrons. The summed E-state index contributed by atoms with van der Waals surface area (Å²) in [5.74, 6) is 0.877. The second kappa shape index (κ2) is 4.72. The monoisotopic (exact) mass is 257 g/mol. The molecule has 1 aromatic carbocycles. The van der Waals surface area contributed by atoms with Crippen LogP contribution in [0.1, 0.15) is 37.7 Å². The number of nitrogens with one attached hydrogen (secondary N) is 1. The lowest BCUT2D eigenvalue weighted by molar-refractivity contribution is -0.116. The molecule has 2 aliphatic rings. The van der Waals surface area contributed by atoms with Gasteiger partial charge in [0.1, 0.15) is 5.75 Å². The zero-order chi connectivity index (χ0) is 13.3. The van der Waals surface area contributed by atoms with E-state index < -0.39 is 0 Å². The van der Waals surface area contributed by atoms with Crippen LogP contribution >= 0.6 is 0 Å². The second-order valence-corrected chi connectivity index (χ2v) is 5.46. The van der Waals surface area contributed by atoms with Gasteiger partial charge in [-0.3, -0.25) is 4.79 Å². The number of amides is 1. The zero-order valence-corrected chi connectivity index (χ0v) is 11.2. The van der Waals surface area contributed by atoms with Gasteiger partial charge < -0.3 is 10.1 Å². The van der Waals surface area contributed by atoms with Gasteiger partial charge in [0.05, 0.1) is 12.6 Å². The highest BCUT2D eigenvalue weighted by molar-refractivity contribution is 6.22. The number of hydrogen-bond acceptors (Lipinski definition) is 2. The van der Waals surface area contributed by atoms with Crippen LogP contribution in [-0.2, 0) is 4.79 Å². The molecule has 3 rings (SSSR count). The fourth-order valence-electron chi connectivity index (χ4n) is 3.11. The van der Waals surface area contributed by atoms with Crippen LogP contribution in [0.15, 0.2) is 30.3 Å². The van der Waals surface area contributed by atoms with E-state index in [9.17, 15) is 4.79 Å². The summed E-state index contributed by atoms with van der Waals surface area (Å²) in [6.07, 6.45) is 7.97. The maximum absolute atomic E-state index is 12.2. The lowest BCUT2D eigenvalue weighted by atomic mass is 9.82. The van der Waals surface area contributed by atoms with Crippen molar-refractivity contribution in [1.82, 2.24) is 5.32 Å². The van der Waals surface area contributed by atoms with Crippen molar-refractivity contribution in [3.63, 3.8) is 0 Å². The average Bonchev–Trinajstić information content (AvgIpc) is 2.76. The van der Waals surface area contributed by atoms with Gasteiger partial charge in [0.2, 0.25) is 0 Å². The first-order valence-corrected chi connectivity index (χ1v) is 6.92. The van der Waals surface area contributed by atoms with Crippen molar-refractivity contribution in [1.29, 1.82) is 0 Å². The molecule has 1 aliphatic carbocycles. The quantitative estimate of drug-likeness (QED) is 0.884. The maximum Gasteiger partial charge on any atom is 0.252 e. The average molecular weight is 257 g/mol. The Kier molecular flexibility index (Phi) is 3.05. The molecule has 1 aliphatic heterocycles. The molecule has 0 saturated heterocycles. The lowest BCUT2D eigenvalue weighted by Crippen LogP contribution is -2.43. The Hall–Kier alpha value is -1.77. The molecule has 0 bridgehead atoms. The molecule has 1 spiro atoms. The SMILES string of the molecule is COc1ccc(C2=CC3(CCCCC3)NC2=O)cc1. The van der Waals surface area contributed by atoms with Crippen molar-refractivity contribution in [2.24, 2.45) is 0 Å². The Morgan fingerprint density at radius 2 is 1.79 bits per heavy atom. The molecular formula is C16H19NO2. The lowest BCUT2D eigenvalue weighted by Gasteiger charge is -2.31. The summed E-state index contributed by atoms with van der Waals surface area (Å²) in [7, 11) is 1.65. The Labute approximate surface area is 113 Å². The standard InChI is InChI=1S/C16H19NO2/c1-19-13-7-5-12(6-8-13)14-11-16(17-15(14)18)9-3-2-4-10-16/h5-8,11H,2-4,9-10H2,1H3,(H,17,18). The molecule has 1 aromatic rings. The predicted molar refractivity (Wildman–Crippen MR) is 74.9 cm³/mol. The number of carbonyl (C=O) groups is 1. The number of ether oxygens (including phenoxy) is 1. The summed E-state index contributed by atoms with van der Waals surface area (Å²) in [6.45, 7) is 0. The molecule has 1 saturated carbocycles. The molecule has 1 fully saturated rings. The van der Waals surface area contributed by atoms with E-state index >= 15 is 0 Å². The summed E-state index contributed by atoms with van der Waals surface area (Å²) in [4.78, 5) is 12.2. The largest absolute Gasteiger partial charge is 0.497 e. The highest BCUT2D eigenvalue weighted by atomic mass is 16.5. The van der Waals surface area contributed by atoms with E-state index in [-0.39, 0.29) is 11.4 Å². The van der Waals surface area contributed by atoms with Crippen molar-refractivity contribution in [2.75, 3.05) is 7.11 Å². The Morgan fingerprint density at radius 3 is 2.42 bits per heavy atom. The van der Waals surface area contributed by atoms with Crippen LogP contribution in [0, 0.1) is 0 Å². The van der Waals surface area contributed by atoms with E-state index in [0.29, 0.717) is 0 Å². The van der Waals surface area contributed by atoms with Gasteiger partial charge in [-0.15, -0.1) is 0 Å². The first-order chi connectivity index (χ1) is 9.22. The molecule has 3 heteroatoms. The van der Waals surface area contributed by atoms with Gasteiger partial charge in [-0.25, -0.2) is 0 Å². The molecule has 0 aromatic heterocycles. The molecular weight excluding hydrogens is 238 g/mol. The van der Waals surface area contributed by atoms with Crippen molar-refractivity contribution < 1.29 is 9.53 Å². The van der Waals surface area contributed by atoms with E-state index in [0.717, 1.165) is 29.7 Å². The molecule has 1 N–H and O–H groups in total. The van der Waals surface area contributed by atoms with Gasteiger partial charge >= 0.3 is 0 Å². The molecule has 1 amide bonds. The van der Waals surface area contributed by atoms with Crippen LogP contribution in [0.3, 0.4) is 0 Å². The fourth-order valence-corrected chi connectivity index (χ4v) is 3.11. The van der Waals surface area contributed by atoms with E-state index in [1.165, 1.54) is 19.3 Å². The van der Waals surface area contributed by atoms with Crippen LogP contribution < -0.4 is 10.1 Å². The van der Waals surface area contributed by atoms with Gasteiger partial charge in [0, 0.05) is 5.57 Å². The normalized spacial score (nSPS) is 21.1. The zero-order valence-electron chi connectivity index (χ0n) is 11.2. The number of rotatable bonds is 2. The summed E-state index contributed by atoms with van der Waals surface area (Å²) in [5, 5.41) is 3.18. The van der Waals surface area contributed by atoms with Crippen molar-refractivity contribution in [2.45, 2.75) is 37.6 Å². The van der Waals surface area contributed by atoms with Gasteiger partial charge in [0.15, 0.2) is 0 Å². The van der Waals surface area contributed by atoms with Gasteiger partial charge in [-0.05, 0) is 36.6 Å². The highest BCUT2D eigenvalue weighted by Crippen LogP contribution is 2.36. The van der Waals surface area contributed by atoms with Crippen molar-refractivity contribution >= 4 is 11.5 Å². The topological polar surface area (TPSA) is 38.3 Å². The summed E-state index contributed by atoms with van der Waals surface area (Å²) in [6, 6.07) is 7.70. The van der Waals surface area contributed by atoms with E-state index in [2.05, 4.69) is 11.4 Å². The minimum absolute atomic E-state index is 0.0621. The van der Waals surface area contributed by atoms with Crippen LogP contribution in [0.25, 0.3) is 5.57 Å². The summed E-state index contributed by atoms with van der Waals surface area (Å²) >= 11 is 0. The molecule has 3 nitrogen and oxygen atoms in total. The van der Waals surface area contributed by atoms with Crippen LogP contribution in [-0.4, -0.2) is 18.6 Å². The van der Waals surface area contributed by atoms with Crippen molar-refractivity contribution in [3.05, 3.63) is 35.9 Å². The van der Waals surface area contributed by atoms with Crippen LogP contribution in [0.4, 0.5) is 0 Å². The Balaban J connectivity index is 1.90. The van der Waals surface area contributed by atoms with Crippen molar-refractivity contribution in [3.8, 4) is 5.75 Å². The smallest absolute Gasteiger partial charge is 0.252 e. The Morgan fingerprint density at radius 1 is 1.11 bits per heavy atom. The number of carbonyl (C=O) groups excluding carboxylic acids is 1. The number of hydrogen-bond donors (Lipinski definition) is 1. The molecule has 0 atom stereocenters. The van der Waals surface area contributed by atoms with Gasteiger partial charge in [-0.2, -0.15) is 0 Å².